The minimum absolute atomic E-state index is 0.0814. The van der Waals surface area contributed by atoms with Gasteiger partial charge in [0.15, 0.2) is 0 Å². The molecule has 0 spiro atoms. The van der Waals surface area contributed by atoms with Crippen LogP contribution in [0.15, 0.2) is 53.4 Å². The fraction of sp³-hybridized carbons (Fsp3) is 0.409. The highest BCUT2D eigenvalue weighted by Gasteiger charge is 2.47. The Morgan fingerprint density at radius 1 is 1.00 bits per heavy atom. The van der Waals surface area contributed by atoms with E-state index >= 15 is 0 Å². The lowest BCUT2D eigenvalue weighted by molar-refractivity contribution is 0.188. The maximum Gasteiger partial charge on any atom is 0.322 e. The van der Waals surface area contributed by atoms with E-state index in [0.29, 0.717) is 13.0 Å². The van der Waals surface area contributed by atoms with Crippen LogP contribution in [0.4, 0.5) is 10.5 Å². The van der Waals surface area contributed by atoms with E-state index < -0.39 is 10.0 Å². The molecule has 2 aliphatic carbocycles. The number of rotatable bonds is 4. The first kappa shape index (κ1) is 18.6. The standard InChI is InChI=1S/C22H25N3O3S/c26-22(23-18-10-9-15-5-4-6-16(15)11-18)25-14-17-12-19(25)13-21(17)24-29(27,28)20-7-2-1-3-8-20/h1-3,7-11,17,19,21,24H,4-6,12-14H2,(H,23,26)/t17-,19-,21-/m0/s1. The number of benzene rings is 2. The number of aryl methyl sites for hydroxylation is 2. The Kier molecular flexibility index (Phi) is 4.59. The van der Waals surface area contributed by atoms with E-state index in [-0.39, 0.29) is 28.9 Å². The predicted molar refractivity (Wildman–Crippen MR) is 111 cm³/mol. The van der Waals surface area contributed by atoms with Gasteiger partial charge < -0.3 is 10.2 Å². The number of sulfonamides is 1. The number of hydrogen-bond donors (Lipinski definition) is 2. The van der Waals surface area contributed by atoms with Crippen LogP contribution in [0.5, 0.6) is 0 Å². The zero-order chi connectivity index (χ0) is 20.0. The van der Waals surface area contributed by atoms with E-state index in [1.165, 1.54) is 17.5 Å². The van der Waals surface area contributed by atoms with Gasteiger partial charge in [-0.25, -0.2) is 17.9 Å². The van der Waals surface area contributed by atoms with Gasteiger partial charge >= 0.3 is 6.03 Å². The van der Waals surface area contributed by atoms with Crippen molar-refractivity contribution in [1.29, 1.82) is 0 Å². The number of anilines is 1. The lowest BCUT2D eigenvalue weighted by Gasteiger charge is -2.32. The molecule has 2 N–H and O–H groups in total. The molecule has 1 saturated carbocycles. The molecule has 2 aromatic carbocycles. The second kappa shape index (κ2) is 7.15. The molecule has 0 unspecified atom stereocenters. The third-order valence-electron chi connectivity index (χ3n) is 6.51. The van der Waals surface area contributed by atoms with Crippen LogP contribution in [-0.2, 0) is 22.9 Å². The SMILES string of the molecule is O=C(Nc1ccc2c(c1)CCC2)N1C[C@@H]2C[C@H]1C[C@@H]2NS(=O)(=O)c1ccccc1. The molecule has 7 heteroatoms. The summed E-state index contributed by atoms with van der Waals surface area (Å²) >= 11 is 0. The minimum atomic E-state index is -3.53. The Balaban J connectivity index is 1.22. The largest absolute Gasteiger partial charge is 0.322 e. The number of amides is 2. The number of carbonyl (C=O) groups excluding carboxylic acids is 1. The summed E-state index contributed by atoms with van der Waals surface area (Å²) in [4.78, 5) is 14.9. The molecule has 2 bridgehead atoms. The third-order valence-corrected chi connectivity index (χ3v) is 8.02. The summed E-state index contributed by atoms with van der Waals surface area (Å²) in [6, 6.07) is 14.5. The number of fused-ring (bicyclic) bond motifs is 3. The first-order valence-electron chi connectivity index (χ1n) is 10.3. The zero-order valence-corrected chi connectivity index (χ0v) is 17.0. The molecule has 1 heterocycles. The van der Waals surface area contributed by atoms with Crippen molar-refractivity contribution in [3.63, 3.8) is 0 Å². The molecule has 5 rings (SSSR count). The van der Waals surface area contributed by atoms with Crippen LogP contribution in [0, 0.1) is 5.92 Å². The summed E-state index contributed by atoms with van der Waals surface area (Å²) in [5.74, 6) is 0.157. The van der Waals surface area contributed by atoms with Gasteiger partial charge in [-0.3, -0.25) is 0 Å². The fourth-order valence-electron chi connectivity index (χ4n) is 5.06. The average molecular weight is 412 g/mol. The second-order valence-corrected chi connectivity index (χ2v) is 10.1. The van der Waals surface area contributed by atoms with Gasteiger partial charge in [0.25, 0.3) is 0 Å². The van der Waals surface area contributed by atoms with Crippen molar-refractivity contribution >= 4 is 21.7 Å². The van der Waals surface area contributed by atoms with Crippen molar-refractivity contribution in [2.45, 2.75) is 49.1 Å². The zero-order valence-electron chi connectivity index (χ0n) is 16.2. The van der Waals surface area contributed by atoms with Gasteiger partial charge in [-0.05, 0) is 73.4 Å². The van der Waals surface area contributed by atoms with E-state index in [1.54, 1.807) is 30.3 Å². The minimum Gasteiger partial charge on any atom is -0.321 e. The van der Waals surface area contributed by atoms with Gasteiger partial charge in [-0.15, -0.1) is 0 Å². The lowest BCUT2D eigenvalue weighted by atomic mass is 10.0. The highest BCUT2D eigenvalue weighted by molar-refractivity contribution is 7.89. The fourth-order valence-corrected chi connectivity index (χ4v) is 6.40. The Hall–Kier alpha value is -2.38. The number of carbonyl (C=O) groups is 1. The Bertz CT molecular complexity index is 1040. The molecular formula is C22H25N3O3S. The van der Waals surface area contributed by atoms with Crippen LogP contribution >= 0.6 is 0 Å². The van der Waals surface area contributed by atoms with Crippen molar-refractivity contribution in [1.82, 2.24) is 9.62 Å². The number of hydrogen-bond acceptors (Lipinski definition) is 3. The molecule has 0 aromatic heterocycles. The molecular weight excluding hydrogens is 386 g/mol. The summed E-state index contributed by atoms with van der Waals surface area (Å²) < 4.78 is 28.1. The van der Waals surface area contributed by atoms with Crippen molar-refractivity contribution in [3.05, 3.63) is 59.7 Å². The normalized spacial score (nSPS) is 25.2. The summed E-state index contributed by atoms with van der Waals surface area (Å²) in [6.45, 7) is 0.587. The van der Waals surface area contributed by atoms with E-state index in [4.69, 9.17) is 0 Å². The smallest absolute Gasteiger partial charge is 0.321 e. The lowest BCUT2D eigenvalue weighted by Crippen LogP contribution is -2.48. The molecule has 1 saturated heterocycles. The summed E-state index contributed by atoms with van der Waals surface area (Å²) in [6.07, 6.45) is 4.90. The molecule has 29 heavy (non-hydrogen) atoms. The van der Waals surface area contributed by atoms with Gasteiger partial charge in [0.2, 0.25) is 10.0 Å². The van der Waals surface area contributed by atoms with E-state index in [0.717, 1.165) is 24.9 Å². The van der Waals surface area contributed by atoms with E-state index in [1.807, 2.05) is 11.0 Å². The monoisotopic (exact) mass is 411 g/mol. The van der Waals surface area contributed by atoms with Crippen LogP contribution in [0.25, 0.3) is 0 Å². The van der Waals surface area contributed by atoms with Crippen molar-refractivity contribution < 1.29 is 13.2 Å². The van der Waals surface area contributed by atoms with Gasteiger partial charge in [0.1, 0.15) is 0 Å². The average Bonchev–Trinajstić information content (AvgIpc) is 3.43. The molecule has 1 aliphatic heterocycles. The molecule has 0 radical (unpaired) electrons. The number of nitrogens with one attached hydrogen (secondary N) is 2. The van der Waals surface area contributed by atoms with Crippen LogP contribution in [-0.4, -0.2) is 38.0 Å². The van der Waals surface area contributed by atoms with Crippen LogP contribution in [0.3, 0.4) is 0 Å². The highest BCUT2D eigenvalue weighted by atomic mass is 32.2. The van der Waals surface area contributed by atoms with Crippen molar-refractivity contribution in [3.8, 4) is 0 Å². The van der Waals surface area contributed by atoms with E-state index in [9.17, 15) is 13.2 Å². The Labute approximate surface area is 171 Å². The van der Waals surface area contributed by atoms with Crippen LogP contribution in [0.2, 0.25) is 0 Å². The first-order chi connectivity index (χ1) is 14.0. The summed E-state index contributed by atoms with van der Waals surface area (Å²) in [7, 11) is -3.53. The second-order valence-electron chi connectivity index (χ2n) is 8.35. The molecule has 2 aromatic rings. The third kappa shape index (κ3) is 3.53. The summed E-state index contributed by atoms with van der Waals surface area (Å²) in [5, 5.41) is 3.04. The molecule has 6 nitrogen and oxygen atoms in total. The predicted octanol–water partition coefficient (Wildman–Crippen LogP) is 3.15. The summed E-state index contributed by atoms with van der Waals surface area (Å²) in [5.41, 5.74) is 3.57. The molecule has 2 amide bonds. The van der Waals surface area contributed by atoms with Crippen LogP contribution in [0.1, 0.15) is 30.4 Å². The topological polar surface area (TPSA) is 78.5 Å². The first-order valence-corrected chi connectivity index (χ1v) is 11.7. The molecule has 3 aliphatic rings. The van der Waals surface area contributed by atoms with E-state index in [2.05, 4.69) is 22.2 Å². The Morgan fingerprint density at radius 3 is 2.55 bits per heavy atom. The Morgan fingerprint density at radius 2 is 1.79 bits per heavy atom. The number of nitrogens with zero attached hydrogens (tertiary/aromatic N) is 1. The van der Waals surface area contributed by atoms with Crippen molar-refractivity contribution in [2.75, 3.05) is 11.9 Å². The maximum atomic E-state index is 12.8. The quantitative estimate of drug-likeness (QED) is 0.811. The molecule has 3 atom stereocenters. The van der Waals surface area contributed by atoms with Crippen LogP contribution < -0.4 is 10.0 Å². The molecule has 152 valence electrons. The highest BCUT2D eigenvalue weighted by Crippen LogP contribution is 2.39. The van der Waals surface area contributed by atoms with Gasteiger partial charge in [-0.1, -0.05) is 24.3 Å². The number of urea groups is 1. The van der Waals surface area contributed by atoms with Gasteiger partial charge in [-0.2, -0.15) is 0 Å². The maximum absolute atomic E-state index is 12.8. The van der Waals surface area contributed by atoms with Crippen molar-refractivity contribution in [2.24, 2.45) is 5.92 Å². The molecule has 2 fully saturated rings. The number of piperidine rings is 1. The van der Waals surface area contributed by atoms with Gasteiger partial charge in [0, 0.05) is 24.3 Å². The van der Waals surface area contributed by atoms with Gasteiger partial charge in [0.05, 0.1) is 4.90 Å². The number of likely N-dealkylation sites (tertiary alicyclic amines) is 1.